The van der Waals surface area contributed by atoms with Gasteiger partial charge in [-0.15, -0.1) is 0 Å². The van der Waals surface area contributed by atoms with Crippen molar-refractivity contribution < 1.29 is 28.9 Å². The van der Waals surface area contributed by atoms with E-state index < -0.39 is 23.7 Å². The number of hydrogen-bond acceptors (Lipinski definition) is 3. The van der Waals surface area contributed by atoms with Crippen LogP contribution in [-0.4, -0.2) is 33.5 Å². The van der Waals surface area contributed by atoms with E-state index in [2.05, 4.69) is 18.8 Å². The number of rotatable bonds is 10. The lowest BCUT2D eigenvalue weighted by Crippen LogP contribution is -2.21. The van der Waals surface area contributed by atoms with Crippen molar-refractivity contribution in [1.29, 1.82) is 0 Å². The summed E-state index contributed by atoms with van der Waals surface area (Å²) in [5, 5.41) is 29.3. The third-order valence-electron chi connectivity index (χ3n) is 6.14. The number of benzene rings is 1. The molecule has 1 aromatic carbocycles. The van der Waals surface area contributed by atoms with E-state index in [4.69, 9.17) is 5.11 Å². The summed E-state index contributed by atoms with van der Waals surface area (Å²) in [6.07, 6.45) is 5.12. The average Bonchev–Trinajstić information content (AvgIpc) is 2.95. The summed E-state index contributed by atoms with van der Waals surface area (Å²) in [6.45, 7) is 2.11. The number of aliphatic carboxylic acids is 1. The van der Waals surface area contributed by atoms with Crippen LogP contribution in [0.5, 0.6) is 0 Å². The Morgan fingerprint density at radius 3 is 2.63 bits per heavy atom. The highest BCUT2D eigenvalue weighted by atomic mass is 19.1. The summed E-state index contributed by atoms with van der Waals surface area (Å²) in [7, 11) is 0. The van der Waals surface area contributed by atoms with Gasteiger partial charge in [-0.25, -0.2) is 8.78 Å². The van der Waals surface area contributed by atoms with Crippen molar-refractivity contribution in [3.63, 3.8) is 0 Å². The van der Waals surface area contributed by atoms with Crippen LogP contribution in [0.1, 0.15) is 70.3 Å². The number of aliphatic hydroxyl groups excluding tert-OH is 2. The highest BCUT2D eigenvalue weighted by molar-refractivity contribution is 5.66. The molecule has 0 aromatic heterocycles. The topological polar surface area (TPSA) is 77.8 Å². The molecule has 30 heavy (non-hydrogen) atoms. The number of unbranched alkanes of at least 4 members (excludes halogenated alkanes) is 3. The van der Waals surface area contributed by atoms with E-state index in [1.807, 2.05) is 0 Å². The molecule has 0 aliphatic heterocycles. The minimum absolute atomic E-state index is 0.0699. The van der Waals surface area contributed by atoms with Crippen molar-refractivity contribution in [1.82, 2.24) is 0 Å². The summed E-state index contributed by atoms with van der Waals surface area (Å²) in [5.41, 5.74) is -0.0699. The SMILES string of the molecule is C[C@@H]1C[C@H](O)[C@H](CCCCCCC(=O)O)[C@H]1CCC(O)C#Cc1cc(F)ccc1F. The van der Waals surface area contributed by atoms with E-state index in [1.54, 1.807) is 0 Å². The Balaban J connectivity index is 1.82. The molecule has 1 aliphatic rings. The molecule has 5 atom stereocenters. The molecule has 2 rings (SSSR count). The lowest BCUT2D eigenvalue weighted by atomic mass is 9.82. The molecule has 0 saturated heterocycles. The maximum Gasteiger partial charge on any atom is 0.303 e. The molecule has 1 fully saturated rings. The lowest BCUT2D eigenvalue weighted by Gasteiger charge is -2.24. The van der Waals surface area contributed by atoms with Gasteiger partial charge in [0.15, 0.2) is 0 Å². The van der Waals surface area contributed by atoms with E-state index in [9.17, 15) is 23.8 Å². The fraction of sp³-hybridized carbons (Fsp3) is 0.625. The molecule has 6 heteroatoms. The van der Waals surface area contributed by atoms with Crippen molar-refractivity contribution in [3.8, 4) is 11.8 Å². The van der Waals surface area contributed by atoms with Gasteiger partial charge < -0.3 is 15.3 Å². The van der Waals surface area contributed by atoms with E-state index >= 15 is 0 Å². The second-order valence-electron chi connectivity index (χ2n) is 8.44. The first-order valence-corrected chi connectivity index (χ1v) is 10.8. The zero-order chi connectivity index (χ0) is 22.1. The van der Waals surface area contributed by atoms with Crippen LogP contribution < -0.4 is 0 Å². The van der Waals surface area contributed by atoms with Gasteiger partial charge in [0.05, 0.1) is 11.7 Å². The van der Waals surface area contributed by atoms with Crippen molar-refractivity contribution in [2.75, 3.05) is 0 Å². The molecule has 0 spiro atoms. The molecule has 0 radical (unpaired) electrons. The van der Waals surface area contributed by atoms with Crippen LogP contribution in [0.25, 0.3) is 0 Å². The van der Waals surface area contributed by atoms with Gasteiger partial charge in [0.1, 0.15) is 17.7 Å². The van der Waals surface area contributed by atoms with E-state index in [-0.39, 0.29) is 29.9 Å². The Hall–Kier alpha value is -1.97. The molecular formula is C24H32F2O4. The largest absolute Gasteiger partial charge is 0.481 e. The molecule has 1 saturated carbocycles. The first-order chi connectivity index (χ1) is 14.3. The van der Waals surface area contributed by atoms with Gasteiger partial charge in [0.25, 0.3) is 0 Å². The number of carboxylic acids is 1. The zero-order valence-corrected chi connectivity index (χ0v) is 17.5. The Morgan fingerprint density at radius 2 is 1.90 bits per heavy atom. The Labute approximate surface area is 177 Å². The first-order valence-electron chi connectivity index (χ1n) is 10.8. The molecule has 1 aliphatic carbocycles. The van der Waals surface area contributed by atoms with E-state index in [0.29, 0.717) is 25.2 Å². The fourth-order valence-electron chi connectivity index (χ4n) is 4.53. The van der Waals surface area contributed by atoms with Crippen molar-refractivity contribution in [2.24, 2.45) is 17.8 Å². The number of carboxylic acid groups (broad SMARTS) is 1. The average molecular weight is 423 g/mol. The zero-order valence-electron chi connectivity index (χ0n) is 17.5. The Bertz CT molecular complexity index is 755. The van der Waals surface area contributed by atoms with Crippen LogP contribution in [0.3, 0.4) is 0 Å². The van der Waals surface area contributed by atoms with Crippen LogP contribution in [0, 0.1) is 41.2 Å². The van der Waals surface area contributed by atoms with E-state index in [1.165, 1.54) is 0 Å². The maximum absolute atomic E-state index is 13.6. The molecule has 166 valence electrons. The summed E-state index contributed by atoms with van der Waals surface area (Å²) >= 11 is 0. The highest BCUT2D eigenvalue weighted by Crippen LogP contribution is 2.42. The molecule has 0 bridgehead atoms. The molecule has 0 amide bonds. The highest BCUT2D eigenvalue weighted by Gasteiger charge is 2.39. The van der Waals surface area contributed by atoms with Gasteiger partial charge >= 0.3 is 5.97 Å². The predicted octanol–water partition coefficient (Wildman–Crippen LogP) is 4.52. The van der Waals surface area contributed by atoms with Gasteiger partial charge in [0, 0.05) is 6.42 Å². The van der Waals surface area contributed by atoms with E-state index in [0.717, 1.165) is 50.3 Å². The van der Waals surface area contributed by atoms with Crippen LogP contribution in [0.15, 0.2) is 18.2 Å². The summed E-state index contributed by atoms with van der Waals surface area (Å²) in [4.78, 5) is 10.6. The molecule has 0 heterocycles. The van der Waals surface area contributed by atoms with Crippen LogP contribution in [0.4, 0.5) is 8.78 Å². The van der Waals surface area contributed by atoms with Gasteiger partial charge in [-0.1, -0.05) is 38.0 Å². The minimum atomic E-state index is -0.936. The van der Waals surface area contributed by atoms with Gasteiger partial charge in [-0.05, 0) is 68.1 Å². The number of aliphatic hydroxyl groups is 2. The monoisotopic (exact) mass is 422 g/mol. The van der Waals surface area contributed by atoms with Crippen LogP contribution in [-0.2, 0) is 4.79 Å². The van der Waals surface area contributed by atoms with Crippen molar-refractivity contribution >= 4 is 5.97 Å². The number of carbonyl (C=O) groups is 1. The number of halogens is 2. The van der Waals surface area contributed by atoms with Gasteiger partial charge in [0.2, 0.25) is 0 Å². The molecular weight excluding hydrogens is 390 g/mol. The first kappa shape index (κ1) is 24.3. The van der Waals surface area contributed by atoms with Crippen LogP contribution >= 0.6 is 0 Å². The second-order valence-corrected chi connectivity index (χ2v) is 8.44. The maximum atomic E-state index is 13.6. The second kappa shape index (κ2) is 12.0. The molecule has 3 N–H and O–H groups in total. The van der Waals surface area contributed by atoms with Crippen molar-refractivity contribution in [2.45, 2.75) is 76.9 Å². The molecule has 4 nitrogen and oxygen atoms in total. The summed E-state index contributed by atoms with van der Waals surface area (Å²) in [5.74, 6) is 3.94. The smallest absolute Gasteiger partial charge is 0.303 e. The van der Waals surface area contributed by atoms with Gasteiger partial charge in [-0.2, -0.15) is 0 Å². The Kier molecular flexibility index (Phi) is 9.74. The fourth-order valence-corrected chi connectivity index (χ4v) is 4.53. The van der Waals surface area contributed by atoms with Crippen LogP contribution in [0.2, 0.25) is 0 Å². The quantitative estimate of drug-likeness (QED) is 0.383. The molecule has 1 aromatic rings. The number of hydrogen-bond donors (Lipinski definition) is 3. The normalized spacial score (nSPS) is 24.3. The minimum Gasteiger partial charge on any atom is -0.481 e. The predicted molar refractivity (Wildman–Crippen MR) is 111 cm³/mol. The summed E-state index contributed by atoms with van der Waals surface area (Å²) in [6, 6.07) is 3.05. The summed E-state index contributed by atoms with van der Waals surface area (Å²) < 4.78 is 26.8. The standard InChI is InChI=1S/C24H32F2O4/c1-16-14-23(28)21(6-4-2-3-5-7-24(29)30)20(16)12-11-19(27)10-8-17-15-18(25)9-13-22(17)26/h9,13,15-16,19-21,23,27-28H,2-7,11-12,14H2,1H3,(H,29,30)/t16-,19?,20+,21-,23+/m1/s1. The third kappa shape index (κ3) is 7.70. The lowest BCUT2D eigenvalue weighted by molar-refractivity contribution is -0.137. The third-order valence-corrected chi connectivity index (χ3v) is 6.14. The Morgan fingerprint density at radius 1 is 1.17 bits per heavy atom. The molecule has 1 unspecified atom stereocenters. The van der Waals surface area contributed by atoms with Crippen molar-refractivity contribution in [3.05, 3.63) is 35.4 Å². The van der Waals surface area contributed by atoms with Gasteiger partial charge in [-0.3, -0.25) is 4.79 Å².